The first kappa shape index (κ1) is 29.1. The van der Waals surface area contributed by atoms with Crippen molar-refractivity contribution in [2.45, 2.75) is 0 Å². The predicted octanol–water partition coefficient (Wildman–Crippen LogP) is 6.00. The summed E-state index contributed by atoms with van der Waals surface area (Å²) in [5.41, 5.74) is 7.22. The number of nitrogens with zero attached hydrogens (tertiary/aromatic N) is 3. The van der Waals surface area contributed by atoms with E-state index in [1.165, 1.54) is 10.4 Å². The maximum absolute atomic E-state index is 10.3. The molecule has 7 aromatic rings. The Hall–Kier alpha value is -6.80. The van der Waals surface area contributed by atoms with Gasteiger partial charge in [-0.3, -0.25) is 0 Å². The summed E-state index contributed by atoms with van der Waals surface area (Å²) in [5, 5.41) is 14.8. The zero-order valence-electron chi connectivity index (χ0n) is 27.2. The molecule has 5 nitrogen and oxygen atoms in total. The van der Waals surface area contributed by atoms with Gasteiger partial charge >= 0.3 is 0 Å². The van der Waals surface area contributed by atoms with Gasteiger partial charge in [0.1, 0.15) is 23.0 Å². The van der Waals surface area contributed by atoms with E-state index in [2.05, 4.69) is 125 Å². The molecular weight excluding hydrogens is 641 g/mol. The van der Waals surface area contributed by atoms with Crippen LogP contribution < -0.4 is 51.5 Å². The van der Waals surface area contributed by atoms with Gasteiger partial charge in [0.05, 0.1) is 23.9 Å². The van der Waals surface area contributed by atoms with Gasteiger partial charge in [-0.15, -0.1) is 0 Å². The van der Waals surface area contributed by atoms with Gasteiger partial charge in [0.15, 0.2) is 13.8 Å². The molecule has 0 fully saturated rings. The van der Waals surface area contributed by atoms with Crippen LogP contribution in [0.4, 0.5) is 22.7 Å². The molecule has 0 saturated heterocycles. The highest BCUT2D eigenvalue weighted by Crippen LogP contribution is 2.44. The fraction of sp³-hybridized carbons (Fsp3) is 0. The molecule has 0 saturated carbocycles. The zero-order chi connectivity index (χ0) is 34.1. The predicted molar refractivity (Wildman–Crippen MR) is 207 cm³/mol. The second-order valence-corrected chi connectivity index (χ2v) is 16.8. The summed E-state index contributed by atoms with van der Waals surface area (Å²) in [7, 11) is -3.09. The maximum atomic E-state index is 10.3. The van der Waals surface area contributed by atoms with Crippen LogP contribution in [0.3, 0.4) is 0 Å². The topological polar surface area (TPSA) is 49.9 Å². The zero-order valence-corrected chi connectivity index (χ0v) is 28.2. The number of hydrogen-bond acceptors (Lipinski definition) is 4. The summed E-state index contributed by atoms with van der Waals surface area (Å²) in [5.74, 6) is 3.15. The van der Waals surface area contributed by atoms with Crippen LogP contribution in [0.5, 0.6) is 23.0 Å². The maximum Gasteiger partial charge on any atom is 0.260 e. The third-order valence-corrected chi connectivity index (χ3v) is 15.3. The normalized spacial score (nSPS) is 13.8. The quantitative estimate of drug-likeness (QED) is 0.172. The highest BCUT2D eigenvalue weighted by atomic mass is 28.3. The average molecular weight is 668 g/mol. The van der Waals surface area contributed by atoms with Crippen LogP contribution in [0.2, 0.25) is 0 Å². The van der Waals surface area contributed by atoms with Crippen molar-refractivity contribution in [1.82, 2.24) is 0 Å². The Morgan fingerprint density at radius 2 is 1.12 bits per heavy atom. The van der Waals surface area contributed by atoms with Crippen molar-refractivity contribution in [3.8, 4) is 29.1 Å². The molecule has 236 valence electrons. The molecule has 0 aliphatic carbocycles. The average Bonchev–Trinajstić information content (AvgIpc) is 3.19. The molecule has 0 aromatic heterocycles. The number of hydrogen-bond donors (Lipinski definition) is 0. The Bertz CT molecular complexity index is 2470. The smallest absolute Gasteiger partial charge is 0.260 e. The molecule has 3 aliphatic heterocycles. The van der Waals surface area contributed by atoms with Gasteiger partial charge in [-0.25, -0.2) is 4.85 Å². The molecule has 51 heavy (non-hydrogen) atoms. The lowest BCUT2D eigenvalue weighted by atomic mass is 9.35. The van der Waals surface area contributed by atoms with Crippen molar-refractivity contribution in [3.05, 3.63) is 175 Å². The van der Waals surface area contributed by atoms with Crippen molar-refractivity contribution < 1.29 is 9.47 Å². The van der Waals surface area contributed by atoms with E-state index in [4.69, 9.17) is 16.0 Å². The van der Waals surface area contributed by atoms with Crippen molar-refractivity contribution >= 4 is 74.7 Å². The molecular formula is C44H26BN3O2Si. The number of para-hydroxylation sites is 2. The monoisotopic (exact) mass is 667 g/mol. The number of rotatable bonds is 3. The van der Waals surface area contributed by atoms with Gasteiger partial charge < -0.3 is 14.4 Å². The largest absolute Gasteiger partial charge is 0.458 e. The van der Waals surface area contributed by atoms with Crippen molar-refractivity contribution in [2.75, 3.05) is 4.90 Å². The van der Waals surface area contributed by atoms with E-state index in [9.17, 15) is 5.26 Å². The summed E-state index contributed by atoms with van der Waals surface area (Å²) in [6, 6.07) is 56.5. The third-order valence-electron chi connectivity index (χ3n) is 10.5. The van der Waals surface area contributed by atoms with E-state index >= 15 is 0 Å². The van der Waals surface area contributed by atoms with E-state index < -0.39 is 8.07 Å². The summed E-state index contributed by atoms with van der Waals surface area (Å²) < 4.78 is 13.4. The van der Waals surface area contributed by atoms with Gasteiger partial charge in [0.2, 0.25) is 0 Å². The first-order chi connectivity index (χ1) is 25.2. The van der Waals surface area contributed by atoms with E-state index in [0.29, 0.717) is 11.3 Å². The fourth-order valence-corrected chi connectivity index (χ4v) is 13.6. The minimum absolute atomic E-state index is 0.0319. The highest BCUT2D eigenvalue weighted by Gasteiger charge is 2.49. The number of benzene rings is 7. The first-order valence-electron chi connectivity index (χ1n) is 16.9. The van der Waals surface area contributed by atoms with Gasteiger partial charge in [-0.05, 0) is 68.1 Å². The van der Waals surface area contributed by atoms with Crippen molar-refractivity contribution in [3.63, 3.8) is 0 Å². The second kappa shape index (κ2) is 11.1. The molecule has 0 amide bonds. The minimum Gasteiger partial charge on any atom is -0.458 e. The minimum atomic E-state index is -3.09. The second-order valence-electron chi connectivity index (χ2n) is 13.0. The Labute approximate surface area is 297 Å². The van der Waals surface area contributed by atoms with E-state index in [0.717, 1.165) is 66.8 Å². The number of anilines is 3. The third kappa shape index (κ3) is 4.13. The van der Waals surface area contributed by atoms with Gasteiger partial charge in [-0.2, -0.15) is 5.26 Å². The summed E-state index contributed by atoms with van der Waals surface area (Å²) in [6.07, 6.45) is 0. The molecule has 3 aliphatic rings. The first-order valence-corrected chi connectivity index (χ1v) is 18.9. The molecule has 7 heteroatoms. The summed E-state index contributed by atoms with van der Waals surface area (Å²) in [4.78, 5) is 6.18. The van der Waals surface area contributed by atoms with Crippen LogP contribution in [0.1, 0.15) is 5.56 Å². The molecule has 0 radical (unpaired) electrons. The Kier molecular flexibility index (Phi) is 6.35. The van der Waals surface area contributed by atoms with Crippen LogP contribution in [-0.4, -0.2) is 14.8 Å². The molecule has 7 aromatic carbocycles. The molecule has 0 unspecified atom stereocenters. The molecule has 0 atom stereocenters. The molecule has 10 rings (SSSR count). The molecule has 0 N–H and O–H groups in total. The van der Waals surface area contributed by atoms with E-state index in [-0.39, 0.29) is 6.71 Å². The van der Waals surface area contributed by atoms with Crippen LogP contribution in [0.15, 0.2) is 158 Å². The Balaban J connectivity index is 1.29. The van der Waals surface area contributed by atoms with Gasteiger partial charge in [0, 0.05) is 29.0 Å². The van der Waals surface area contributed by atoms with Gasteiger partial charge in [0.25, 0.3) is 6.71 Å². The summed E-state index contributed by atoms with van der Waals surface area (Å²) >= 11 is 0. The Morgan fingerprint density at radius 1 is 0.588 bits per heavy atom. The number of nitriles is 1. The van der Waals surface area contributed by atoms with Crippen molar-refractivity contribution in [1.29, 1.82) is 5.26 Å². The standard InChI is InChI=1S/C44H26BN3O2Si/c1-47-30-21-23-37-43(25-30)51(32-12-4-2-5-13-32,33-14-6-3-7-15-33)42-24-29(28-46)20-22-36(42)48(37)31-26-40-44-41(27-31)50-39-19-11-9-17-35(39)45(44)34-16-8-10-18-38(34)49-40/h2-27H. The van der Waals surface area contributed by atoms with Crippen LogP contribution in [0.25, 0.3) is 4.85 Å². The highest BCUT2D eigenvalue weighted by molar-refractivity contribution is 7.21. The van der Waals surface area contributed by atoms with Gasteiger partial charge in [-0.1, -0.05) is 109 Å². The Morgan fingerprint density at radius 3 is 1.69 bits per heavy atom. The van der Waals surface area contributed by atoms with Crippen LogP contribution >= 0.6 is 0 Å². The summed E-state index contributed by atoms with van der Waals surface area (Å²) in [6.45, 7) is 8.04. The molecule has 0 bridgehead atoms. The van der Waals surface area contributed by atoms with Crippen molar-refractivity contribution in [2.24, 2.45) is 0 Å². The lowest BCUT2D eigenvalue weighted by Gasteiger charge is -2.45. The molecule has 0 spiro atoms. The lowest BCUT2D eigenvalue weighted by Crippen LogP contribution is -2.77. The van der Waals surface area contributed by atoms with Crippen LogP contribution in [-0.2, 0) is 0 Å². The SMILES string of the molecule is [C-]#[N+]c1ccc2c(c1)[Si](c1ccccc1)(c1ccccc1)c1cc(C#N)ccc1N2c1cc2c3c(c1)Oc1ccccc1B3c1ccccc1O2. The number of fused-ring (bicyclic) bond motifs is 6. The van der Waals surface area contributed by atoms with Crippen LogP contribution in [0, 0.1) is 17.9 Å². The van der Waals surface area contributed by atoms with E-state index in [1.807, 2.05) is 48.5 Å². The molecule has 3 heterocycles. The van der Waals surface area contributed by atoms with E-state index in [1.54, 1.807) is 0 Å². The lowest BCUT2D eigenvalue weighted by molar-refractivity contribution is 0.465. The number of ether oxygens (including phenoxy) is 2. The fourth-order valence-electron chi connectivity index (χ4n) is 8.42.